The van der Waals surface area contributed by atoms with Crippen molar-refractivity contribution in [1.82, 2.24) is 0 Å². The molecule has 0 aliphatic carbocycles. The van der Waals surface area contributed by atoms with Crippen molar-refractivity contribution >= 4 is 11.7 Å². The molecule has 0 saturated carbocycles. The van der Waals surface area contributed by atoms with Crippen LogP contribution in [0, 0.1) is 0 Å². The van der Waals surface area contributed by atoms with Crippen molar-refractivity contribution < 1.29 is 14.5 Å². The van der Waals surface area contributed by atoms with Crippen LogP contribution in [-0.2, 0) is 11.8 Å². The summed E-state index contributed by atoms with van der Waals surface area (Å²) in [6, 6.07) is 3.59. The number of piperidine rings is 1. The smallest absolute Gasteiger partial charge is 0.326 e. The van der Waals surface area contributed by atoms with E-state index in [1.54, 1.807) is 0 Å². The monoisotopic (exact) mass is 221 g/mol. The number of hydrogen-bond acceptors (Lipinski definition) is 2. The Hall–Kier alpha value is -1.58. The fourth-order valence-electron chi connectivity index (χ4n) is 2.18. The summed E-state index contributed by atoms with van der Waals surface area (Å²) >= 11 is 0. The first-order valence-electron chi connectivity index (χ1n) is 5.63. The average Bonchev–Trinajstić information content (AvgIpc) is 2.30. The van der Waals surface area contributed by atoms with Gasteiger partial charge in [0.05, 0.1) is 0 Å². The Morgan fingerprint density at radius 2 is 2.12 bits per heavy atom. The van der Waals surface area contributed by atoms with Crippen molar-refractivity contribution in [3.05, 3.63) is 24.5 Å². The molecule has 0 aromatic carbocycles. The third-order valence-corrected chi connectivity index (χ3v) is 3.08. The standard InChI is InChI=1S/C12H16N2O2/c1-13-8-5-10(6-9-13)14-7-3-2-4-11(14)12(15)16/h5-6,8-9,11H,2-4,7H2,1H3/p+1. The van der Waals surface area contributed by atoms with Gasteiger partial charge in [0.2, 0.25) is 0 Å². The first-order valence-corrected chi connectivity index (χ1v) is 5.63. The van der Waals surface area contributed by atoms with Crippen LogP contribution in [-0.4, -0.2) is 23.7 Å². The Kier molecular flexibility index (Phi) is 3.08. The van der Waals surface area contributed by atoms with E-state index in [2.05, 4.69) is 0 Å². The predicted octanol–water partition coefficient (Wildman–Crippen LogP) is 0.955. The number of aliphatic carboxylic acids is 1. The number of aromatic nitrogens is 1. The molecule has 1 N–H and O–H groups in total. The highest BCUT2D eigenvalue weighted by molar-refractivity contribution is 5.78. The summed E-state index contributed by atoms with van der Waals surface area (Å²) in [5.41, 5.74) is 1.00. The van der Waals surface area contributed by atoms with E-state index in [-0.39, 0.29) is 6.04 Å². The minimum atomic E-state index is -0.715. The highest BCUT2D eigenvalue weighted by Gasteiger charge is 2.28. The molecule has 1 fully saturated rings. The molecule has 2 rings (SSSR count). The van der Waals surface area contributed by atoms with Crippen molar-refractivity contribution in [1.29, 1.82) is 0 Å². The van der Waals surface area contributed by atoms with Gasteiger partial charge in [-0.2, -0.15) is 0 Å². The lowest BCUT2D eigenvalue weighted by molar-refractivity contribution is -0.671. The highest BCUT2D eigenvalue weighted by Crippen LogP contribution is 2.23. The van der Waals surface area contributed by atoms with Gasteiger partial charge in [-0.1, -0.05) is 0 Å². The molecular formula is C12H17N2O2+. The van der Waals surface area contributed by atoms with E-state index in [4.69, 9.17) is 0 Å². The Morgan fingerprint density at radius 3 is 2.75 bits per heavy atom. The Bertz CT molecular complexity index is 375. The van der Waals surface area contributed by atoms with Crippen molar-refractivity contribution in [2.45, 2.75) is 25.3 Å². The summed E-state index contributed by atoms with van der Waals surface area (Å²) in [6.45, 7) is 0.838. The molecule has 0 radical (unpaired) electrons. The van der Waals surface area contributed by atoms with E-state index in [1.807, 2.05) is 41.0 Å². The van der Waals surface area contributed by atoms with Crippen LogP contribution in [0.5, 0.6) is 0 Å². The molecule has 0 amide bonds. The van der Waals surface area contributed by atoms with Gasteiger partial charge in [0.15, 0.2) is 12.4 Å². The lowest BCUT2D eigenvalue weighted by Crippen LogP contribution is -2.45. The normalized spacial score (nSPS) is 20.8. The molecule has 4 nitrogen and oxygen atoms in total. The van der Waals surface area contributed by atoms with E-state index in [1.165, 1.54) is 0 Å². The third-order valence-electron chi connectivity index (χ3n) is 3.08. The van der Waals surface area contributed by atoms with Crippen LogP contribution >= 0.6 is 0 Å². The molecule has 1 unspecified atom stereocenters. The maximum absolute atomic E-state index is 11.2. The van der Waals surface area contributed by atoms with Crippen molar-refractivity contribution in [2.24, 2.45) is 7.05 Å². The van der Waals surface area contributed by atoms with E-state index < -0.39 is 5.97 Å². The van der Waals surface area contributed by atoms with Crippen molar-refractivity contribution in [2.75, 3.05) is 11.4 Å². The molecule has 1 aliphatic rings. The number of aryl methyl sites for hydroxylation is 1. The van der Waals surface area contributed by atoms with E-state index >= 15 is 0 Å². The molecule has 1 atom stereocenters. The van der Waals surface area contributed by atoms with Gasteiger partial charge in [-0.05, 0) is 19.3 Å². The highest BCUT2D eigenvalue weighted by atomic mass is 16.4. The number of nitrogens with zero attached hydrogens (tertiary/aromatic N) is 2. The van der Waals surface area contributed by atoms with Gasteiger partial charge < -0.3 is 10.0 Å². The number of hydrogen-bond donors (Lipinski definition) is 1. The molecule has 1 aromatic rings. The van der Waals surface area contributed by atoms with Gasteiger partial charge in [0.1, 0.15) is 13.1 Å². The number of rotatable bonds is 2. The topological polar surface area (TPSA) is 44.4 Å². The second-order valence-electron chi connectivity index (χ2n) is 4.27. The SMILES string of the molecule is C[n+]1ccc(N2CCCCC2C(=O)O)cc1. The number of carboxylic acid groups (broad SMARTS) is 1. The predicted molar refractivity (Wildman–Crippen MR) is 60.2 cm³/mol. The summed E-state index contributed by atoms with van der Waals surface area (Å²) in [5, 5.41) is 9.18. The van der Waals surface area contributed by atoms with Crippen LogP contribution < -0.4 is 9.47 Å². The zero-order valence-corrected chi connectivity index (χ0v) is 9.47. The molecular weight excluding hydrogens is 204 g/mol. The summed E-state index contributed by atoms with van der Waals surface area (Å²) < 4.78 is 1.95. The summed E-state index contributed by atoms with van der Waals surface area (Å²) in [4.78, 5) is 13.2. The molecule has 1 aliphatic heterocycles. The third kappa shape index (κ3) is 2.15. The number of pyridine rings is 1. The van der Waals surface area contributed by atoms with Gasteiger partial charge >= 0.3 is 5.97 Å². The van der Waals surface area contributed by atoms with Crippen molar-refractivity contribution in [3.8, 4) is 0 Å². The molecule has 0 spiro atoms. The fourth-order valence-corrected chi connectivity index (χ4v) is 2.18. The second-order valence-corrected chi connectivity index (χ2v) is 4.27. The Labute approximate surface area is 95.1 Å². The maximum atomic E-state index is 11.2. The quantitative estimate of drug-likeness (QED) is 0.756. The fraction of sp³-hybridized carbons (Fsp3) is 0.500. The maximum Gasteiger partial charge on any atom is 0.326 e. The van der Waals surface area contributed by atoms with Gasteiger partial charge in [0, 0.05) is 24.4 Å². The molecule has 1 saturated heterocycles. The van der Waals surface area contributed by atoms with Crippen LogP contribution in [0.2, 0.25) is 0 Å². The van der Waals surface area contributed by atoms with Crippen LogP contribution in [0.15, 0.2) is 24.5 Å². The largest absolute Gasteiger partial charge is 0.480 e. The van der Waals surface area contributed by atoms with E-state index in [0.29, 0.717) is 0 Å². The lowest BCUT2D eigenvalue weighted by atomic mass is 10.0. The van der Waals surface area contributed by atoms with Gasteiger partial charge in [-0.15, -0.1) is 0 Å². The first-order chi connectivity index (χ1) is 7.68. The molecule has 86 valence electrons. The van der Waals surface area contributed by atoms with Gasteiger partial charge in [0.25, 0.3) is 0 Å². The molecule has 4 heteroatoms. The molecule has 2 heterocycles. The zero-order chi connectivity index (χ0) is 11.5. The van der Waals surface area contributed by atoms with E-state index in [0.717, 1.165) is 31.5 Å². The molecule has 1 aromatic heterocycles. The van der Waals surface area contributed by atoms with E-state index in [9.17, 15) is 9.90 Å². The van der Waals surface area contributed by atoms with Crippen LogP contribution in [0.4, 0.5) is 5.69 Å². The molecule has 0 bridgehead atoms. The summed E-state index contributed by atoms with van der Waals surface area (Å²) in [7, 11) is 1.95. The summed E-state index contributed by atoms with van der Waals surface area (Å²) in [6.07, 6.45) is 6.72. The van der Waals surface area contributed by atoms with Gasteiger partial charge in [-0.25, -0.2) is 9.36 Å². The Balaban J connectivity index is 2.23. The van der Waals surface area contributed by atoms with Crippen LogP contribution in [0.25, 0.3) is 0 Å². The lowest BCUT2D eigenvalue weighted by Gasteiger charge is -2.34. The average molecular weight is 221 g/mol. The summed E-state index contributed by atoms with van der Waals surface area (Å²) in [5.74, 6) is -0.715. The second kappa shape index (κ2) is 4.51. The van der Waals surface area contributed by atoms with Crippen molar-refractivity contribution in [3.63, 3.8) is 0 Å². The van der Waals surface area contributed by atoms with Gasteiger partial charge in [-0.3, -0.25) is 0 Å². The molecule has 16 heavy (non-hydrogen) atoms. The minimum Gasteiger partial charge on any atom is -0.480 e. The number of anilines is 1. The number of carboxylic acids is 1. The number of carbonyl (C=O) groups is 1. The minimum absolute atomic E-state index is 0.360. The van der Waals surface area contributed by atoms with Crippen LogP contribution in [0.1, 0.15) is 19.3 Å². The first kappa shape index (κ1) is 10.9. The zero-order valence-electron chi connectivity index (χ0n) is 9.47. The van der Waals surface area contributed by atoms with Crippen LogP contribution in [0.3, 0.4) is 0 Å². The Morgan fingerprint density at radius 1 is 1.44 bits per heavy atom.